The van der Waals surface area contributed by atoms with Gasteiger partial charge in [-0.1, -0.05) is 39.3 Å². The molecule has 1 aliphatic rings. The summed E-state index contributed by atoms with van der Waals surface area (Å²) in [5.41, 5.74) is -0.249. The molecule has 1 fully saturated rings. The molecule has 154 valence electrons. The second kappa shape index (κ2) is 10.1. The molecule has 0 saturated heterocycles. The molecule has 3 atom stereocenters. The van der Waals surface area contributed by atoms with Crippen molar-refractivity contribution in [1.82, 2.24) is 0 Å². The van der Waals surface area contributed by atoms with Crippen LogP contribution in [-0.2, 0) is 19.1 Å². The van der Waals surface area contributed by atoms with Gasteiger partial charge in [0.2, 0.25) is 0 Å². The summed E-state index contributed by atoms with van der Waals surface area (Å²) in [6, 6.07) is 5.71. The fourth-order valence-electron chi connectivity index (χ4n) is 3.50. The second-order valence-electron chi connectivity index (χ2n) is 7.53. The average molecular weight is 393 g/mol. The van der Waals surface area contributed by atoms with E-state index < -0.39 is 30.1 Å². The van der Waals surface area contributed by atoms with Gasteiger partial charge in [0.05, 0.1) is 4.92 Å². The molecule has 1 saturated carbocycles. The topological polar surface area (TPSA) is 105 Å². The highest BCUT2D eigenvalue weighted by Crippen LogP contribution is 2.35. The van der Waals surface area contributed by atoms with E-state index in [1.54, 1.807) is 6.07 Å². The molecule has 1 aromatic rings. The van der Waals surface area contributed by atoms with Gasteiger partial charge in [-0.25, -0.2) is 9.59 Å². The third kappa shape index (κ3) is 6.21. The lowest BCUT2D eigenvalue weighted by atomic mass is 9.75. The van der Waals surface area contributed by atoms with E-state index in [1.165, 1.54) is 18.2 Å². The maximum absolute atomic E-state index is 12.1. The van der Waals surface area contributed by atoms with Gasteiger partial charge in [0, 0.05) is 6.07 Å². The lowest BCUT2D eigenvalue weighted by Gasteiger charge is -2.36. The van der Waals surface area contributed by atoms with Crippen LogP contribution in [0.4, 0.5) is 5.69 Å². The van der Waals surface area contributed by atoms with Crippen LogP contribution >= 0.6 is 0 Å². The summed E-state index contributed by atoms with van der Waals surface area (Å²) in [7, 11) is 0. The average Bonchev–Trinajstić information content (AvgIpc) is 2.64. The summed E-state index contributed by atoms with van der Waals surface area (Å²) in [4.78, 5) is 34.2. The van der Waals surface area contributed by atoms with Crippen LogP contribution in [0.15, 0.2) is 24.3 Å². The molecular formula is C20H27NO7. The Kier molecular flexibility index (Phi) is 7.78. The number of carbonyl (C=O) groups excluding carboxylic acids is 2. The van der Waals surface area contributed by atoms with Crippen molar-refractivity contribution in [2.24, 2.45) is 17.8 Å². The molecule has 0 aromatic heterocycles. The number of esters is 2. The highest BCUT2D eigenvalue weighted by Gasteiger charge is 2.33. The highest BCUT2D eigenvalue weighted by molar-refractivity contribution is 5.77. The van der Waals surface area contributed by atoms with Crippen LogP contribution in [0.1, 0.15) is 40.0 Å². The van der Waals surface area contributed by atoms with Gasteiger partial charge < -0.3 is 14.2 Å². The van der Waals surface area contributed by atoms with Crippen molar-refractivity contribution in [1.29, 1.82) is 0 Å². The molecule has 0 spiro atoms. The molecule has 1 aliphatic carbocycles. The number of nitro benzene ring substituents is 1. The van der Waals surface area contributed by atoms with Crippen molar-refractivity contribution in [2.45, 2.75) is 46.1 Å². The minimum Gasteiger partial charge on any atom is -0.475 e. The number of rotatable bonds is 8. The Morgan fingerprint density at radius 2 is 1.89 bits per heavy atom. The monoisotopic (exact) mass is 393 g/mol. The van der Waals surface area contributed by atoms with E-state index in [4.69, 9.17) is 14.2 Å². The number of para-hydroxylation sites is 2. The van der Waals surface area contributed by atoms with Crippen molar-refractivity contribution in [2.75, 3.05) is 13.2 Å². The van der Waals surface area contributed by atoms with Crippen LogP contribution in [0.5, 0.6) is 5.75 Å². The van der Waals surface area contributed by atoms with Crippen molar-refractivity contribution in [3.63, 3.8) is 0 Å². The maximum atomic E-state index is 12.1. The van der Waals surface area contributed by atoms with E-state index >= 15 is 0 Å². The van der Waals surface area contributed by atoms with Crippen LogP contribution in [0.25, 0.3) is 0 Å². The summed E-state index contributed by atoms with van der Waals surface area (Å²) in [6.45, 7) is 5.32. The number of hydrogen-bond donors (Lipinski definition) is 0. The summed E-state index contributed by atoms with van der Waals surface area (Å²) in [5.74, 6) is -0.231. The Balaban J connectivity index is 1.79. The van der Waals surface area contributed by atoms with Gasteiger partial charge in [0.25, 0.3) is 0 Å². The van der Waals surface area contributed by atoms with Crippen LogP contribution in [-0.4, -0.2) is 36.2 Å². The molecule has 1 aromatic carbocycles. The predicted octanol–water partition coefficient (Wildman–Crippen LogP) is 3.52. The van der Waals surface area contributed by atoms with Gasteiger partial charge in [-0.3, -0.25) is 10.1 Å². The smallest absolute Gasteiger partial charge is 0.344 e. The Labute approximate surface area is 164 Å². The molecular weight excluding hydrogens is 366 g/mol. The fourth-order valence-corrected chi connectivity index (χ4v) is 3.50. The first-order valence-corrected chi connectivity index (χ1v) is 9.49. The van der Waals surface area contributed by atoms with Crippen LogP contribution in [0, 0.1) is 27.9 Å². The quantitative estimate of drug-likeness (QED) is 0.378. The minimum atomic E-state index is -0.799. The van der Waals surface area contributed by atoms with E-state index in [0.29, 0.717) is 17.8 Å². The molecule has 0 unspecified atom stereocenters. The molecule has 0 heterocycles. The van der Waals surface area contributed by atoms with Gasteiger partial charge >= 0.3 is 17.6 Å². The zero-order valence-corrected chi connectivity index (χ0v) is 16.5. The van der Waals surface area contributed by atoms with Crippen molar-refractivity contribution in [3.8, 4) is 5.75 Å². The molecule has 0 radical (unpaired) electrons. The van der Waals surface area contributed by atoms with E-state index in [0.717, 1.165) is 19.3 Å². The SMILES string of the molecule is CC(C)[C@@H]1CC[C@@H](C)C[C@H]1OC(=O)COC(=O)COc1ccccc1[N+](=O)[O-]. The van der Waals surface area contributed by atoms with Gasteiger partial charge in [0.15, 0.2) is 19.0 Å². The first-order chi connectivity index (χ1) is 13.3. The number of hydrogen-bond acceptors (Lipinski definition) is 7. The lowest BCUT2D eigenvalue weighted by molar-refractivity contribution is -0.385. The van der Waals surface area contributed by atoms with E-state index in [-0.39, 0.29) is 17.5 Å². The molecule has 8 heteroatoms. The molecule has 2 rings (SSSR count). The predicted molar refractivity (Wildman–Crippen MR) is 101 cm³/mol. The highest BCUT2D eigenvalue weighted by atomic mass is 16.6. The van der Waals surface area contributed by atoms with Crippen LogP contribution < -0.4 is 4.74 Å². The molecule has 0 bridgehead atoms. The molecule has 28 heavy (non-hydrogen) atoms. The molecule has 0 aliphatic heterocycles. The first-order valence-electron chi connectivity index (χ1n) is 9.49. The van der Waals surface area contributed by atoms with Crippen molar-refractivity contribution >= 4 is 17.6 Å². The Morgan fingerprint density at radius 1 is 1.18 bits per heavy atom. The van der Waals surface area contributed by atoms with Crippen LogP contribution in [0.2, 0.25) is 0 Å². The zero-order valence-electron chi connectivity index (χ0n) is 16.5. The first kappa shape index (κ1) is 21.7. The fraction of sp³-hybridized carbons (Fsp3) is 0.600. The number of carbonyl (C=O) groups is 2. The van der Waals surface area contributed by atoms with Crippen molar-refractivity contribution in [3.05, 3.63) is 34.4 Å². The third-order valence-electron chi connectivity index (χ3n) is 5.00. The summed E-state index contributed by atoms with van der Waals surface area (Å²) in [6.07, 6.45) is 2.77. The van der Waals surface area contributed by atoms with E-state index in [2.05, 4.69) is 20.8 Å². The van der Waals surface area contributed by atoms with Gasteiger partial charge in [0.1, 0.15) is 6.10 Å². The summed E-state index contributed by atoms with van der Waals surface area (Å²) >= 11 is 0. The minimum absolute atomic E-state index is 0.0389. The standard InChI is InChI=1S/C20H27NO7/c1-13(2)15-9-8-14(3)10-18(15)28-20(23)12-27-19(22)11-26-17-7-5-4-6-16(17)21(24)25/h4-7,13-15,18H,8-12H2,1-3H3/t14-,15+,18-/m1/s1. The largest absolute Gasteiger partial charge is 0.475 e. The normalized spacial score (nSPS) is 21.8. The van der Waals surface area contributed by atoms with Gasteiger partial charge in [-0.2, -0.15) is 0 Å². The van der Waals surface area contributed by atoms with Crippen molar-refractivity contribution < 1.29 is 28.7 Å². The van der Waals surface area contributed by atoms with E-state index in [9.17, 15) is 19.7 Å². The molecule has 0 N–H and O–H groups in total. The summed E-state index contributed by atoms with van der Waals surface area (Å²) < 4.78 is 15.6. The summed E-state index contributed by atoms with van der Waals surface area (Å²) in [5, 5.41) is 10.9. The number of nitrogens with zero attached hydrogens (tertiary/aromatic N) is 1. The molecule has 8 nitrogen and oxygen atoms in total. The molecule has 0 amide bonds. The van der Waals surface area contributed by atoms with Gasteiger partial charge in [-0.05, 0) is 36.7 Å². The van der Waals surface area contributed by atoms with Gasteiger partial charge in [-0.15, -0.1) is 0 Å². The number of nitro groups is 1. The Bertz CT molecular complexity index is 704. The second-order valence-corrected chi connectivity index (χ2v) is 7.53. The van der Waals surface area contributed by atoms with Crippen LogP contribution in [0.3, 0.4) is 0 Å². The zero-order chi connectivity index (χ0) is 20.7. The Morgan fingerprint density at radius 3 is 2.57 bits per heavy atom. The third-order valence-corrected chi connectivity index (χ3v) is 5.00. The number of benzene rings is 1. The Hall–Kier alpha value is -2.64. The van der Waals surface area contributed by atoms with E-state index in [1.807, 2.05) is 0 Å². The maximum Gasteiger partial charge on any atom is 0.344 e. The lowest BCUT2D eigenvalue weighted by Crippen LogP contribution is -2.37. The number of ether oxygens (including phenoxy) is 3.